The van der Waals surface area contributed by atoms with Crippen LogP contribution >= 0.6 is 0 Å². The number of hydrogen-bond donors (Lipinski definition) is 1. The van der Waals surface area contributed by atoms with E-state index in [-0.39, 0.29) is 11.4 Å². The molecule has 0 saturated carbocycles. The highest BCUT2D eigenvalue weighted by Crippen LogP contribution is 2.17. The molecule has 1 aromatic heterocycles. The first-order valence-electron chi connectivity index (χ1n) is 3.86. The number of hydrogen-bond acceptors (Lipinski definition) is 4. The van der Waals surface area contributed by atoms with Crippen molar-refractivity contribution in [3.05, 3.63) is 22.0 Å². The number of carboxylic acid groups (broad SMARTS) is 1. The first kappa shape index (κ1) is 10.2. The summed E-state index contributed by atoms with van der Waals surface area (Å²) < 4.78 is 1.07. The van der Waals surface area contributed by atoms with Crippen molar-refractivity contribution >= 4 is 11.7 Å². The highest BCUT2D eigenvalue weighted by Gasteiger charge is 2.21. The number of nitro groups is 1. The van der Waals surface area contributed by atoms with E-state index in [1.165, 1.54) is 13.8 Å². The second-order valence-corrected chi connectivity index (χ2v) is 2.85. The number of aromatic nitrogens is 2. The largest absolute Gasteiger partial charge is 0.480 e. The predicted octanol–water partition coefficient (Wildman–Crippen LogP) is 0.745. The van der Waals surface area contributed by atoms with E-state index in [4.69, 9.17) is 5.11 Å². The molecule has 7 heteroatoms. The summed E-state index contributed by atoms with van der Waals surface area (Å²) in [6.45, 7) is 2.86. The summed E-state index contributed by atoms with van der Waals surface area (Å²) in [5, 5.41) is 22.8. The first-order chi connectivity index (χ1) is 6.43. The smallest absolute Gasteiger partial charge is 0.328 e. The molecule has 0 radical (unpaired) electrons. The number of nitrogens with zero attached hydrogens (tertiary/aromatic N) is 3. The molecule has 0 unspecified atom stereocenters. The van der Waals surface area contributed by atoms with Crippen LogP contribution in [0.1, 0.15) is 18.7 Å². The number of carboxylic acids is 1. The minimum atomic E-state index is -1.08. The zero-order chi connectivity index (χ0) is 10.9. The second-order valence-electron chi connectivity index (χ2n) is 2.85. The van der Waals surface area contributed by atoms with Crippen LogP contribution in [0.15, 0.2) is 6.20 Å². The van der Waals surface area contributed by atoms with Crippen LogP contribution < -0.4 is 0 Å². The van der Waals surface area contributed by atoms with Gasteiger partial charge in [-0.2, -0.15) is 5.10 Å². The maximum Gasteiger partial charge on any atom is 0.328 e. The Balaban J connectivity index is 3.08. The first-order valence-corrected chi connectivity index (χ1v) is 3.86. The minimum Gasteiger partial charge on any atom is -0.480 e. The average Bonchev–Trinajstić information content (AvgIpc) is 2.45. The summed E-state index contributed by atoms with van der Waals surface area (Å²) in [6, 6.07) is -0.901. The van der Waals surface area contributed by atoms with Gasteiger partial charge in [-0.25, -0.2) is 4.79 Å². The van der Waals surface area contributed by atoms with E-state index in [9.17, 15) is 14.9 Å². The van der Waals surface area contributed by atoms with Crippen molar-refractivity contribution in [1.29, 1.82) is 0 Å². The van der Waals surface area contributed by atoms with E-state index < -0.39 is 16.9 Å². The molecule has 7 nitrogen and oxygen atoms in total. The van der Waals surface area contributed by atoms with Crippen molar-refractivity contribution in [2.24, 2.45) is 0 Å². The molecule has 0 aromatic carbocycles. The van der Waals surface area contributed by atoms with Crippen LogP contribution in [0.25, 0.3) is 0 Å². The van der Waals surface area contributed by atoms with E-state index in [1.54, 1.807) is 0 Å². The van der Waals surface area contributed by atoms with Gasteiger partial charge in [0.25, 0.3) is 0 Å². The molecule has 14 heavy (non-hydrogen) atoms. The van der Waals surface area contributed by atoms with Gasteiger partial charge in [0.2, 0.25) is 0 Å². The predicted molar refractivity (Wildman–Crippen MR) is 46.0 cm³/mol. The van der Waals surface area contributed by atoms with Crippen molar-refractivity contribution in [2.45, 2.75) is 19.9 Å². The molecule has 1 rings (SSSR count). The lowest BCUT2D eigenvalue weighted by Crippen LogP contribution is -2.15. The van der Waals surface area contributed by atoms with E-state index in [0.717, 1.165) is 10.9 Å². The molecule has 0 aliphatic carbocycles. The molecule has 0 spiro atoms. The SMILES string of the molecule is Cc1nn([C@@H](C)C(=O)O)cc1[N+](=O)[O-]. The van der Waals surface area contributed by atoms with Crippen LogP contribution in [0, 0.1) is 17.0 Å². The Morgan fingerprint density at radius 2 is 2.36 bits per heavy atom. The summed E-state index contributed by atoms with van der Waals surface area (Å²) >= 11 is 0. The van der Waals surface area contributed by atoms with Gasteiger partial charge >= 0.3 is 11.7 Å². The topological polar surface area (TPSA) is 98.3 Å². The molecule has 0 fully saturated rings. The minimum absolute atomic E-state index is 0.168. The summed E-state index contributed by atoms with van der Waals surface area (Å²) in [7, 11) is 0. The Labute approximate surface area is 79.1 Å². The lowest BCUT2D eigenvalue weighted by atomic mass is 10.3. The van der Waals surface area contributed by atoms with E-state index in [2.05, 4.69) is 5.10 Å². The van der Waals surface area contributed by atoms with E-state index in [1.807, 2.05) is 0 Å². The molecular formula is C7H9N3O4. The molecule has 0 bridgehead atoms. The van der Waals surface area contributed by atoms with Gasteiger partial charge in [-0.05, 0) is 13.8 Å². The Morgan fingerprint density at radius 3 is 2.71 bits per heavy atom. The van der Waals surface area contributed by atoms with Crippen molar-refractivity contribution in [2.75, 3.05) is 0 Å². The summed E-state index contributed by atoms with van der Waals surface area (Å²) in [5.41, 5.74) is 0.0428. The van der Waals surface area contributed by atoms with Crippen molar-refractivity contribution < 1.29 is 14.8 Å². The molecule has 0 saturated heterocycles. The second kappa shape index (κ2) is 3.44. The number of aliphatic carboxylic acids is 1. The molecule has 0 aliphatic rings. The zero-order valence-electron chi connectivity index (χ0n) is 7.67. The Hall–Kier alpha value is -1.92. The van der Waals surface area contributed by atoms with Gasteiger partial charge in [0.1, 0.15) is 17.9 Å². The van der Waals surface area contributed by atoms with Gasteiger partial charge < -0.3 is 5.11 Å². The van der Waals surface area contributed by atoms with Crippen molar-refractivity contribution in [1.82, 2.24) is 9.78 Å². The molecule has 0 amide bonds. The van der Waals surface area contributed by atoms with Crippen LogP contribution in [0.5, 0.6) is 0 Å². The normalized spacial score (nSPS) is 12.4. The molecule has 1 atom stereocenters. The third-order valence-electron chi connectivity index (χ3n) is 1.84. The fourth-order valence-electron chi connectivity index (χ4n) is 0.963. The van der Waals surface area contributed by atoms with Gasteiger partial charge in [-0.15, -0.1) is 0 Å². The third-order valence-corrected chi connectivity index (χ3v) is 1.84. The Bertz CT molecular complexity index is 384. The van der Waals surface area contributed by atoms with Crippen molar-refractivity contribution in [3.63, 3.8) is 0 Å². The third kappa shape index (κ3) is 1.70. The maximum atomic E-state index is 10.6. The summed E-state index contributed by atoms with van der Waals surface area (Å²) in [4.78, 5) is 20.4. The average molecular weight is 199 g/mol. The molecule has 1 heterocycles. The highest BCUT2D eigenvalue weighted by atomic mass is 16.6. The number of rotatable bonds is 3. The lowest BCUT2D eigenvalue weighted by molar-refractivity contribution is -0.385. The van der Waals surface area contributed by atoms with Gasteiger partial charge in [0.15, 0.2) is 0 Å². The van der Waals surface area contributed by atoms with Crippen LogP contribution in [-0.4, -0.2) is 25.8 Å². The fourth-order valence-corrected chi connectivity index (χ4v) is 0.963. The van der Waals surface area contributed by atoms with Crippen LogP contribution in [-0.2, 0) is 4.79 Å². The fraction of sp³-hybridized carbons (Fsp3) is 0.429. The van der Waals surface area contributed by atoms with E-state index in [0.29, 0.717) is 0 Å². The lowest BCUT2D eigenvalue weighted by Gasteiger charge is -2.04. The standard InChI is InChI=1S/C7H9N3O4/c1-4-6(10(13)14)3-9(8-4)5(2)7(11)12/h3,5H,1-2H3,(H,11,12)/t5-/m0/s1. The number of carbonyl (C=O) groups is 1. The Kier molecular flexibility index (Phi) is 2.50. The molecule has 0 aliphatic heterocycles. The highest BCUT2D eigenvalue weighted by molar-refractivity contribution is 5.71. The quantitative estimate of drug-likeness (QED) is 0.571. The van der Waals surface area contributed by atoms with Crippen LogP contribution in [0.4, 0.5) is 5.69 Å². The van der Waals surface area contributed by atoms with Crippen LogP contribution in [0.3, 0.4) is 0 Å². The molecule has 1 N–H and O–H groups in total. The van der Waals surface area contributed by atoms with Gasteiger partial charge in [-0.1, -0.05) is 0 Å². The molecule has 1 aromatic rings. The maximum absolute atomic E-state index is 10.6. The molecule has 76 valence electrons. The monoisotopic (exact) mass is 199 g/mol. The Morgan fingerprint density at radius 1 is 1.79 bits per heavy atom. The van der Waals surface area contributed by atoms with Gasteiger partial charge in [-0.3, -0.25) is 14.8 Å². The van der Waals surface area contributed by atoms with Crippen molar-refractivity contribution in [3.8, 4) is 0 Å². The zero-order valence-corrected chi connectivity index (χ0v) is 7.67. The van der Waals surface area contributed by atoms with E-state index >= 15 is 0 Å². The molecular weight excluding hydrogens is 190 g/mol. The van der Waals surface area contributed by atoms with Gasteiger partial charge in [0, 0.05) is 0 Å². The van der Waals surface area contributed by atoms with Gasteiger partial charge in [0.05, 0.1) is 4.92 Å². The summed E-state index contributed by atoms with van der Waals surface area (Å²) in [5.74, 6) is -1.08. The number of aryl methyl sites for hydroxylation is 1. The summed E-state index contributed by atoms with van der Waals surface area (Å²) in [6.07, 6.45) is 1.12. The van der Waals surface area contributed by atoms with Crippen LogP contribution in [0.2, 0.25) is 0 Å².